The van der Waals surface area contributed by atoms with Crippen LogP contribution in [0.4, 0.5) is 0 Å². The molecule has 0 N–H and O–H groups in total. The molecule has 17 heavy (non-hydrogen) atoms. The first-order valence-corrected chi connectivity index (χ1v) is 7.21. The Morgan fingerprint density at radius 3 is 2.29 bits per heavy atom. The van der Waals surface area contributed by atoms with Gasteiger partial charge in [0.25, 0.3) is 0 Å². The van der Waals surface area contributed by atoms with Gasteiger partial charge < -0.3 is 4.57 Å². The molecule has 1 atom stereocenters. The van der Waals surface area contributed by atoms with E-state index in [1.807, 2.05) is 12.5 Å². The van der Waals surface area contributed by atoms with Gasteiger partial charge in [0.15, 0.2) is 0 Å². The van der Waals surface area contributed by atoms with Gasteiger partial charge >= 0.3 is 0 Å². The summed E-state index contributed by atoms with van der Waals surface area (Å²) < 4.78 is 2.31. The predicted octanol–water partition coefficient (Wildman–Crippen LogP) is 4.76. The lowest BCUT2D eigenvalue weighted by Gasteiger charge is -2.31. The number of aromatic nitrogens is 2. The Hall–Kier alpha value is -0.790. The molecule has 0 aliphatic heterocycles. The summed E-state index contributed by atoms with van der Waals surface area (Å²) >= 11 is 0. The first kappa shape index (κ1) is 14.3. The summed E-state index contributed by atoms with van der Waals surface area (Å²) in [6.45, 7) is 6.92. The van der Waals surface area contributed by atoms with Gasteiger partial charge in [-0.2, -0.15) is 0 Å². The largest absolute Gasteiger partial charge is 0.332 e. The van der Waals surface area contributed by atoms with Gasteiger partial charge in [-0.3, -0.25) is 0 Å². The van der Waals surface area contributed by atoms with Crippen LogP contribution in [0.25, 0.3) is 0 Å². The van der Waals surface area contributed by atoms with Crippen molar-refractivity contribution in [3.63, 3.8) is 0 Å². The molecular weight excluding hydrogens is 208 g/mol. The molecule has 0 spiro atoms. The van der Waals surface area contributed by atoms with Gasteiger partial charge in [-0.15, -0.1) is 0 Å². The van der Waals surface area contributed by atoms with Crippen molar-refractivity contribution in [2.45, 2.75) is 77.7 Å². The fourth-order valence-corrected chi connectivity index (χ4v) is 2.45. The zero-order valence-electron chi connectivity index (χ0n) is 11.8. The smallest absolute Gasteiger partial charge is 0.0951 e. The minimum atomic E-state index is 0.278. The van der Waals surface area contributed by atoms with E-state index in [9.17, 15) is 0 Å². The third-order valence-corrected chi connectivity index (χ3v) is 3.77. The summed E-state index contributed by atoms with van der Waals surface area (Å²) in [4.78, 5) is 4.20. The molecule has 98 valence electrons. The number of rotatable bonds is 9. The lowest BCUT2D eigenvalue weighted by atomic mass is 9.88. The molecule has 1 heterocycles. The van der Waals surface area contributed by atoms with Crippen molar-refractivity contribution in [2.75, 3.05) is 0 Å². The maximum absolute atomic E-state index is 4.20. The van der Waals surface area contributed by atoms with Crippen LogP contribution < -0.4 is 0 Å². The van der Waals surface area contributed by atoms with Crippen molar-refractivity contribution < 1.29 is 0 Å². The van der Waals surface area contributed by atoms with E-state index in [1.165, 1.54) is 51.4 Å². The molecule has 0 aliphatic carbocycles. The van der Waals surface area contributed by atoms with Crippen molar-refractivity contribution in [1.29, 1.82) is 0 Å². The fourth-order valence-electron chi connectivity index (χ4n) is 2.45. The highest BCUT2D eigenvalue weighted by atomic mass is 15.1. The molecule has 1 aromatic rings. The third-order valence-electron chi connectivity index (χ3n) is 3.77. The van der Waals surface area contributed by atoms with Crippen LogP contribution in [0.1, 0.15) is 72.1 Å². The van der Waals surface area contributed by atoms with E-state index in [-0.39, 0.29) is 5.54 Å². The number of hydrogen-bond acceptors (Lipinski definition) is 1. The van der Waals surface area contributed by atoms with Crippen LogP contribution in [0.2, 0.25) is 0 Å². The second kappa shape index (κ2) is 7.52. The summed E-state index contributed by atoms with van der Waals surface area (Å²) in [5.74, 6) is 0. The van der Waals surface area contributed by atoms with Gasteiger partial charge in [0.05, 0.1) is 6.33 Å². The second-order valence-corrected chi connectivity index (χ2v) is 5.38. The Labute approximate surface area is 106 Å². The average Bonchev–Trinajstić information content (AvgIpc) is 2.86. The standard InChI is InChI=1S/C15H28N2/c1-4-6-8-9-11-15(3,10-7-5-2)17-13-12-16-14-17/h12-14H,4-11H2,1-3H3. The topological polar surface area (TPSA) is 17.8 Å². The quantitative estimate of drug-likeness (QED) is 0.565. The van der Waals surface area contributed by atoms with Crippen LogP contribution in [-0.4, -0.2) is 9.55 Å². The van der Waals surface area contributed by atoms with Crippen LogP contribution in [0.15, 0.2) is 18.7 Å². The average molecular weight is 236 g/mol. The number of hydrogen-bond donors (Lipinski definition) is 0. The normalized spacial score (nSPS) is 14.8. The highest BCUT2D eigenvalue weighted by Crippen LogP contribution is 2.29. The van der Waals surface area contributed by atoms with Crippen LogP contribution in [0, 0.1) is 0 Å². The zero-order valence-corrected chi connectivity index (χ0v) is 11.8. The molecule has 0 amide bonds. The Morgan fingerprint density at radius 2 is 1.71 bits per heavy atom. The molecule has 0 saturated carbocycles. The molecule has 1 rings (SSSR count). The Morgan fingerprint density at radius 1 is 1.00 bits per heavy atom. The van der Waals surface area contributed by atoms with Gasteiger partial charge in [0, 0.05) is 17.9 Å². The van der Waals surface area contributed by atoms with Crippen LogP contribution in [0.5, 0.6) is 0 Å². The summed E-state index contributed by atoms with van der Waals surface area (Å²) in [5, 5.41) is 0. The molecule has 2 heteroatoms. The lowest BCUT2D eigenvalue weighted by Crippen LogP contribution is -2.29. The van der Waals surface area contributed by atoms with Crippen molar-refractivity contribution in [2.24, 2.45) is 0 Å². The van der Waals surface area contributed by atoms with Crippen molar-refractivity contribution in [3.8, 4) is 0 Å². The highest BCUT2D eigenvalue weighted by molar-refractivity contribution is 4.88. The van der Waals surface area contributed by atoms with Gasteiger partial charge in [-0.25, -0.2) is 4.98 Å². The zero-order chi connectivity index (χ0) is 12.6. The monoisotopic (exact) mass is 236 g/mol. The minimum Gasteiger partial charge on any atom is -0.332 e. The van der Waals surface area contributed by atoms with Gasteiger partial charge in [-0.1, -0.05) is 52.4 Å². The first-order valence-electron chi connectivity index (χ1n) is 7.21. The van der Waals surface area contributed by atoms with Crippen molar-refractivity contribution >= 4 is 0 Å². The van der Waals surface area contributed by atoms with E-state index in [0.29, 0.717) is 0 Å². The van der Waals surface area contributed by atoms with Crippen molar-refractivity contribution in [3.05, 3.63) is 18.7 Å². The summed E-state index contributed by atoms with van der Waals surface area (Å²) in [7, 11) is 0. The molecule has 0 aromatic carbocycles. The van der Waals surface area contributed by atoms with Gasteiger partial charge in [0.1, 0.15) is 0 Å². The molecule has 2 nitrogen and oxygen atoms in total. The molecule has 0 radical (unpaired) electrons. The molecule has 0 saturated heterocycles. The van der Waals surface area contributed by atoms with E-state index >= 15 is 0 Å². The third kappa shape index (κ3) is 4.53. The van der Waals surface area contributed by atoms with Crippen LogP contribution >= 0.6 is 0 Å². The Balaban J connectivity index is 2.53. The summed E-state index contributed by atoms with van der Waals surface area (Å²) in [5.41, 5.74) is 0.278. The van der Waals surface area contributed by atoms with Crippen molar-refractivity contribution in [1.82, 2.24) is 9.55 Å². The first-order chi connectivity index (χ1) is 8.23. The molecule has 1 aromatic heterocycles. The maximum Gasteiger partial charge on any atom is 0.0951 e. The van der Waals surface area contributed by atoms with E-state index in [2.05, 4.69) is 36.5 Å². The van der Waals surface area contributed by atoms with Gasteiger partial charge in [-0.05, 0) is 19.8 Å². The molecule has 1 unspecified atom stereocenters. The highest BCUT2D eigenvalue weighted by Gasteiger charge is 2.24. The maximum atomic E-state index is 4.20. The molecule has 0 fully saturated rings. The summed E-state index contributed by atoms with van der Waals surface area (Å²) in [6, 6.07) is 0. The lowest BCUT2D eigenvalue weighted by molar-refractivity contribution is 0.253. The number of unbranched alkanes of at least 4 members (excludes halogenated alkanes) is 4. The summed E-state index contributed by atoms with van der Waals surface area (Å²) in [6.07, 6.45) is 16.5. The minimum absolute atomic E-state index is 0.278. The predicted molar refractivity (Wildman–Crippen MR) is 74.2 cm³/mol. The number of imidazole rings is 1. The van der Waals surface area contributed by atoms with E-state index in [4.69, 9.17) is 0 Å². The second-order valence-electron chi connectivity index (χ2n) is 5.38. The number of nitrogens with zero attached hydrogens (tertiary/aromatic N) is 2. The Bertz CT molecular complexity index is 279. The molecule has 0 bridgehead atoms. The molecule has 0 aliphatic rings. The SMILES string of the molecule is CCCCCCC(C)(CCCC)n1ccnc1. The van der Waals surface area contributed by atoms with E-state index < -0.39 is 0 Å². The van der Waals surface area contributed by atoms with E-state index in [0.717, 1.165) is 0 Å². The van der Waals surface area contributed by atoms with Gasteiger partial charge in [0.2, 0.25) is 0 Å². The van der Waals surface area contributed by atoms with Crippen LogP contribution in [-0.2, 0) is 5.54 Å². The van der Waals surface area contributed by atoms with Crippen LogP contribution in [0.3, 0.4) is 0 Å². The fraction of sp³-hybridized carbons (Fsp3) is 0.800. The molecular formula is C15H28N2. The Kier molecular flexibility index (Phi) is 6.31. The van der Waals surface area contributed by atoms with E-state index in [1.54, 1.807) is 0 Å².